The van der Waals surface area contributed by atoms with Crippen LogP contribution in [0.4, 0.5) is 23.4 Å². The molecule has 0 atom stereocenters. The van der Waals surface area contributed by atoms with Crippen molar-refractivity contribution in [1.29, 1.82) is 0 Å². The van der Waals surface area contributed by atoms with Gasteiger partial charge in [-0.1, -0.05) is 23.2 Å². The van der Waals surface area contributed by atoms with Gasteiger partial charge in [-0.05, 0) is 13.0 Å². The highest BCUT2D eigenvalue weighted by molar-refractivity contribution is 6.36. The summed E-state index contributed by atoms with van der Waals surface area (Å²) in [4.78, 5) is 3.75. The van der Waals surface area contributed by atoms with Gasteiger partial charge in [0.25, 0.3) is 0 Å². The molecule has 0 spiro atoms. The lowest BCUT2D eigenvalue weighted by Gasteiger charge is -2.16. The van der Waals surface area contributed by atoms with E-state index in [1.165, 1.54) is 6.07 Å². The third-order valence-electron chi connectivity index (χ3n) is 1.96. The van der Waals surface area contributed by atoms with E-state index in [-0.39, 0.29) is 21.7 Å². The number of pyridine rings is 1. The maximum atomic E-state index is 12.7. The Morgan fingerprint density at radius 2 is 2.00 bits per heavy atom. The van der Waals surface area contributed by atoms with Crippen molar-refractivity contribution in [3.05, 3.63) is 16.1 Å². The first kappa shape index (κ1) is 16.1. The first-order chi connectivity index (χ1) is 8.77. The Labute approximate surface area is 116 Å². The molecule has 0 bridgehead atoms. The van der Waals surface area contributed by atoms with E-state index < -0.39 is 19.0 Å². The van der Waals surface area contributed by atoms with Crippen LogP contribution in [0, 0.1) is 0 Å². The highest BCUT2D eigenvalue weighted by Crippen LogP contribution is 2.32. The van der Waals surface area contributed by atoms with Crippen LogP contribution in [0.25, 0.3) is 0 Å². The fraction of sp³-hybridized carbons (Fsp3) is 0.500. The lowest BCUT2D eigenvalue weighted by atomic mass is 10.4. The van der Waals surface area contributed by atoms with Gasteiger partial charge in [-0.3, -0.25) is 0 Å². The summed E-state index contributed by atoms with van der Waals surface area (Å²) in [5.74, 6) is -4.49. The number of nitrogens with zero attached hydrogens (tertiary/aromatic N) is 1. The predicted molar refractivity (Wildman–Crippen MR) is 64.9 cm³/mol. The molecule has 0 fully saturated rings. The zero-order valence-corrected chi connectivity index (χ0v) is 11.2. The second-order valence-corrected chi connectivity index (χ2v) is 4.30. The Kier molecular flexibility index (Phi) is 5.49. The predicted octanol–water partition coefficient (Wildman–Crippen LogP) is 4.10. The Hall–Kier alpha value is -0.950. The van der Waals surface area contributed by atoms with Gasteiger partial charge in [0.1, 0.15) is 10.8 Å². The van der Waals surface area contributed by atoms with E-state index in [0.29, 0.717) is 6.54 Å². The van der Waals surface area contributed by atoms with Gasteiger partial charge in [0.2, 0.25) is 5.88 Å². The molecule has 0 aliphatic carbocycles. The van der Waals surface area contributed by atoms with Crippen molar-refractivity contribution in [1.82, 2.24) is 4.98 Å². The number of hydrogen-bond donors (Lipinski definition) is 1. The van der Waals surface area contributed by atoms with Crippen LogP contribution in [-0.4, -0.2) is 30.5 Å². The van der Waals surface area contributed by atoms with Crippen molar-refractivity contribution in [3.8, 4) is 5.88 Å². The van der Waals surface area contributed by atoms with E-state index in [0.717, 1.165) is 0 Å². The van der Waals surface area contributed by atoms with Crippen molar-refractivity contribution in [3.63, 3.8) is 0 Å². The zero-order chi connectivity index (χ0) is 14.6. The average molecular weight is 321 g/mol. The fourth-order valence-electron chi connectivity index (χ4n) is 1.07. The molecule has 0 saturated heterocycles. The van der Waals surface area contributed by atoms with Gasteiger partial charge >= 0.3 is 12.3 Å². The number of nitrogens with one attached hydrogen (secondary N) is 1. The molecule has 19 heavy (non-hydrogen) atoms. The summed E-state index contributed by atoms with van der Waals surface area (Å²) >= 11 is 11.5. The number of halogens is 6. The Morgan fingerprint density at radius 3 is 2.53 bits per heavy atom. The Balaban J connectivity index is 2.86. The summed E-state index contributed by atoms with van der Waals surface area (Å²) in [6.45, 7) is 0.712. The number of alkyl halides is 4. The number of rotatable bonds is 6. The molecule has 0 aromatic carbocycles. The van der Waals surface area contributed by atoms with Gasteiger partial charge in [0.05, 0.1) is 5.02 Å². The molecule has 1 rings (SSSR count). The minimum atomic E-state index is -4.27. The van der Waals surface area contributed by atoms with E-state index in [2.05, 4.69) is 15.0 Å². The molecule has 0 unspecified atom stereocenters. The molecule has 0 saturated carbocycles. The van der Waals surface area contributed by atoms with Crippen molar-refractivity contribution >= 4 is 29.0 Å². The summed E-state index contributed by atoms with van der Waals surface area (Å²) in [5.41, 5.74) is 0. The molecule has 0 amide bonds. The first-order valence-electron chi connectivity index (χ1n) is 5.16. The number of aromatic nitrogens is 1. The van der Waals surface area contributed by atoms with E-state index in [1.54, 1.807) is 6.92 Å². The summed E-state index contributed by atoms with van der Waals surface area (Å²) in [6, 6.07) is 1.23. The highest BCUT2D eigenvalue weighted by atomic mass is 35.5. The van der Waals surface area contributed by atoms with Gasteiger partial charge in [-0.2, -0.15) is 13.8 Å². The molecule has 1 heterocycles. The van der Waals surface area contributed by atoms with Crippen LogP contribution in [0.3, 0.4) is 0 Å². The van der Waals surface area contributed by atoms with Crippen LogP contribution in [0.2, 0.25) is 10.0 Å². The normalized spacial score (nSPS) is 11.8. The maximum absolute atomic E-state index is 12.7. The van der Waals surface area contributed by atoms with Crippen LogP contribution in [-0.2, 0) is 0 Å². The van der Waals surface area contributed by atoms with Gasteiger partial charge in [0, 0.05) is 6.54 Å². The largest absolute Gasteiger partial charge is 0.470 e. The van der Waals surface area contributed by atoms with E-state index >= 15 is 0 Å². The Bertz CT molecular complexity index is 446. The third kappa shape index (κ3) is 4.28. The highest BCUT2D eigenvalue weighted by Gasteiger charge is 2.42. The van der Waals surface area contributed by atoms with E-state index in [9.17, 15) is 17.6 Å². The molecular weight excluding hydrogens is 311 g/mol. The number of ether oxygens (including phenoxy) is 1. The van der Waals surface area contributed by atoms with Crippen molar-refractivity contribution in [2.24, 2.45) is 0 Å². The topological polar surface area (TPSA) is 34.2 Å². The van der Waals surface area contributed by atoms with Gasteiger partial charge in [0.15, 0.2) is 6.61 Å². The summed E-state index contributed by atoms with van der Waals surface area (Å²) in [5, 5.41) is 2.77. The number of hydrogen-bond acceptors (Lipinski definition) is 3. The lowest BCUT2D eigenvalue weighted by Crippen LogP contribution is -2.34. The van der Waals surface area contributed by atoms with E-state index in [4.69, 9.17) is 23.2 Å². The molecule has 0 aliphatic rings. The molecule has 9 heteroatoms. The fourth-order valence-corrected chi connectivity index (χ4v) is 1.55. The average Bonchev–Trinajstić information content (AvgIpc) is 2.31. The van der Waals surface area contributed by atoms with Crippen molar-refractivity contribution < 1.29 is 22.3 Å². The lowest BCUT2D eigenvalue weighted by molar-refractivity contribution is -0.148. The Morgan fingerprint density at radius 1 is 1.37 bits per heavy atom. The summed E-state index contributed by atoms with van der Waals surface area (Å²) in [7, 11) is 0. The molecule has 1 aromatic heterocycles. The van der Waals surface area contributed by atoms with Gasteiger partial charge in [-0.25, -0.2) is 8.78 Å². The molecule has 0 aliphatic heterocycles. The van der Waals surface area contributed by atoms with Crippen LogP contribution < -0.4 is 10.1 Å². The second kappa shape index (κ2) is 6.47. The van der Waals surface area contributed by atoms with Crippen molar-refractivity contribution in [2.45, 2.75) is 19.3 Å². The van der Waals surface area contributed by atoms with Gasteiger partial charge in [-0.15, -0.1) is 0 Å². The molecule has 1 aromatic rings. The van der Waals surface area contributed by atoms with E-state index in [1.807, 2.05) is 0 Å². The molecule has 108 valence electrons. The second-order valence-electron chi connectivity index (χ2n) is 3.49. The van der Waals surface area contributed by atoms with Crippen LogP contribution in [0.5, 0.6) is 5.88 Å². The monoisotopic (exact) mass is 320 g/mol. The third-order valence-corrected chi connectivity index (χ3v) is 2.52. The minimum Gasteiger partial charge on any atom is -0.470 e. The van der Waals surface area contributed by atoms with Crippen LogP contribution in [0.1, 0.15) is 6.92 Å². The molecule has 1 N–H and O–H groups in total. The van der Waals surface area contributed by atoms with Crippen LogP contribution >= 0.6 is 23.2 Å². The van der Waals surface area contributed by atoms with Gasteiger partial charge < -0.3 is 10.1 Å². The number of anilines is 1. The SMILES string of the molecule is CCNc1nc(OCC(F)(F)C(F)F)c(Cl)cc1Cl. The quantitative estimate of drug-likeness (QED) is 0.801. The summed E-state index contributed by atoms with van der Waals surface area (Å²) < 4.78 is 53.9. The smallest absolute Gasteiger partial charge is 0.340 e. The minimum absolute atomic E-state index is 0.142. The summed E-state index contributed by atoms with van der Waals surface area (Å²) in [6.07, 6.45) is -3.83. The first-order valence-corrected chi connectivity index (χ1v) is 5.92. The molecule has 0 radical (unpaired) electrons. The molecular formula is C10H10Cl2F4N2O. The molecule has 3 nitrogen and oxygen atoms in total. The maximum Gasteiger partial charge on any atom is 0.340 e. The standard InChI is InChI=1S/C10H10Cl2F4N2O/c1-2-17-7-5(11)3-6(12)8(18-7)19-4-10(15,16)9(13)14/h3,9H,2,4H2,1H3,(H,17,18). The zero-order valence-electron chi connectivity index (χ0n) is 9.69. The van der Waals surface area contributed by atoms with Crippen molar-refractivity contribution in [2.75, 3.05) is 18.5 Å². The van der Waals surface area contributed by atoms with Crippen LogP contribution in [0.15, 0.2) is 6.07 Å².